The molecule has 0 saturated carbocycles. The molecule has 0 heterocycles. The fourth-order valence-corrected chi connectivity index (χ4v) is 2.60. The van der Waals surface area contributed by atoms with Crippen molar-refractivity contribution in [2.24, 2.45) is 0 Å². The summed E-state index contributed by atoms with van der Waals surface area (Å²) in [5, 5.41) is 0. The van der Waals surface area contributed by atoms with Crippen molar-refractivity contribution in [1.82, 2.24) is 0 Å². The monoisotopic (exact) mass is 376 g/mol. The molecular formula is C21H25ClO4. The van der Waals surface area contributed by atoms with E-state index in [-0.39, 0.29) is 6.10 Å². The Balaban J connectivity index is 2.09. The van der Waals surface area contributed by atoms with Crippen LogP contribution in [-0.2, 0) is 4.74 Å². The molecule has 0 aliphatic rings. The van der Waals surface area contributed by atoms with Gasteiger partial charge in [-0.15, -0.1) is 11.6 Å². The topological polar surface area (TPSA) is 44.8 Å². The number of carbonyl (C=O) groups is 1. The second kappa shape index (κ2) is 8.95. The summed E-state index contributed by atoms with van der Waals surface area (Å²) in [6.45, 7) is 7.27. The first-order valence-corrected chi connectivity index (χ1v) is 9.11. The van der Waals surface area contributed by atoms with Crippen LogP contribution in [0.4, 0.5) is 4.79 Å². The predicted octanol–water partition coefficient (Wildman–Crippen LogP) is 6.06. The summed E-state index contributed by atoms with van der Waals surface area (Å²) in [5.41, 5.74) is 1.34. The molecule has 0 unspecified atom stereocenters. The van der Waals surface area contributed by atoms with Gasteiger partial charge in [-0.3, -0.25) is 0 Å². The van der Waals surface area contributed by atoms with E-state index in [1.165, 1.54) is 0 Å². The van der Waals surface area contributed by atoms with Gasteiger partial charge < -0.3 is 14.2 Å². The number of hydrogen-bond donors (Lipinski definition) is 0. The third-order valence-electron chi connectivity index (χ3n) is 3.55. The third kappa shape index (κ3) is 6.26. The molecule has 0 aliphatic heterocycles. The third-order valence-corrected chi connectivity index (χ3v) is 3.77. The molecule has 2 rings (SSSR count). The van der Waals surface area contributed by atoms with Gasteiger partial charge in [0.25, 0.3) is 0 Å². The van der Waals surface area contributed by atoms with Crippen molar-refractivity contribution in [3.8, 4) is 11.5 Å². The molecule has 140 valence electrons. The molecular weight excluding hydrogens is 352 g/mol. The maximum absolute atomic E-state index is 11.8. The Kier molecular flexibility index (Phi) is 6.92. The summed E-state index contributed by atoms with van der Waals surface area (Å²) in [7, 11) is 0. The Morgan fingerprint density at radius 1 is 1.12 bits per heavy atom. The van der Waals surface area contributed by atoms with E-state index in [4.69, 9.17) is 25.8 Å². The molecule has 0 aliphatic carbocycles. The molecule has 5 heteroatoms. The van der Waals surface area contributed by atoms with Crippen LogP contribution < -0.4 is 9.47 Å². The largest absolute Gasteiger partial charge is 0.514 e. The average molecular weight is 377 g/mol. The second-order valence-electron chi connectivity index (χ2n) is 6.99. The Morgan fingerprint density at radius 3 is 2.38 bits per heavy atom. The summed E-state index contributed by atoms with van der Waals surface area (Å²) in [6, 6.07) is 15.2. The fourth-order valence-electron chi connectivity index (χ4n) is 2.40. The van der Waals surface area contributed by atoms with Crippen LogP contribution >= 0.6 is 11.6 Å². The Bertz CT molecular complexity index is 723. The quantitative estimate of drug-likeness (QED) is 0.349. The van der Waals surface area contributed by atoms with Gasteiger partial charge >= 0.3 is 6.16 Å². The zero-order chi connectivity index (χ0) is 19.2. The maximum Gasteiger partial charge on any atom is 0.514 e. The Morgan fingerprint density at radius 2 is 1.81 bits per heavy atom. The predicted molar refractivity (Wildman–Crippen MR) is 103 cm³/mol. The minimum Gasteiger partial charge on any atom is -0.485 e. The van der Waals surface area contributed by atoms with Crippen LogP contribution in [-0.4, -0.2) is 17.6 Å². The van der Waals surface area contributed by atoms with Crippen LogP contribution in [0, 0.1) is 6.92 Å². The van der Waals surface area contributed by atoms with Crippen molar-refractivity contribution >= 4 is 17.8 Å². The summed E-state index contributed by atoms with van der Waals surface area (Å²) in [6.07, 6.45) is -0.166. The molecule has 0 fully saturated rings. The lowest BCUT2D eigenvalue weighted by molar-refractivity contribution is 0.0206. The zero-order valence-corrected chi connectivity index (χ0v) is 16.4. The zero-order valence-electron chi connectivity index (χ0n) is 15.6. The summed E-state index contributed by atoms with van der Waals surface area (Å²) in [4.78, 5) is 11.8. The maximum atomic E-state index is 11.8. The second-order valence-corrected chi connectivity index (χ2v) is 7.37. The number of halogens is 1. The van der Waals surface area contributed by atoms with Gasteiger partial charge in [0, 0.05) is 12.3 Å². The highest BCUT2D eigenvalue weighted by Gasteiger charge is 2.19. The van der Waals surface area contributed by atoms with Gasteiger partial charge in [0.15, 0.2) is 0 Å². The van der Waals surface area contributed by atoms with Gasteiger partial charge in [-0.25, -0.2) is 4.79 Å². The van der Waals surface area contributed by atoms with Gasteiger partial charge in [-0.2, -0.15) is 0 Å². The van der Waals surface area contributed by atoms with Crippen molar-refractivity contribution in [3.05, 3.63) is 59.7 Å². The van der Waals surface area contributed by atoms with Gasteiger partial charge in [0.1, 0.15) is 23.2 Å². The highest BCUT2D eigenvalue weighted by atomic mass is 35.5. The molecule has 4 nitrogen and oxygen atoms in total. The van der Waals surface area contributed by atoms with Crippen LogP contribution in [0.1, 0.15) is 44.4 Å². The van der Waals surface area contributed by atoms with E-state index in [9.17, 15) is 4.79 Å². The highest BCUT2D eigenvalue weighted by Crippen LogP contribution is 2.30. The van der Waals surface area contributed by atoms with Crippen molar-refractivity contribution in [3.63, 3.8) is 0 Å². The minimum atomic E-state index is -0.727. The van der Waals surface area contributed by atoms with Crippen molar-refractivity contribution < 1.29 is 19.0 Å². The van der Waals surface area contributed by atoms with E-state index in [0.29, 0.717) is 18.1 Å². The number of rotatable bonds is 6. The van der Waals surface area contributed by atoms with Crippen LogP contribution in [0.5, 0.6) is 11.5 Å². The number of hydrogen-bond acceptors (Lipinski definition) is 4. The normalized spacial score (nSPS) is 12.3. The number of alkyl halides is 1. The van der Waals surface area contributed by atoms with Crippen molar-refractivity contribution in [2.45, 2.75) is 45.8 Å². The molecule has 0 N–H and O–H groups in total. The van der Waals surface area contributed by atoms with Crippen LogP contribution in [0.2, 0.25) is 0 Å². The van der Waals surface area contributed by atoms with Gasteiger partial charge in [-0.05, 0) is 57.0 Å². The molecule has 0 saturated heterocycles. The first kappa shape index (κ1) is 20.1. The molecule has 0 amide bonds. The lowest BCUT2D eigenvalue weighted by atomic mass is 10.1. The standard InChI is InChI=1S/C21H25ClO4/c1-15-14-17(24-20(23)26-21(2,3)4)10-11-18(15)25-19(12-13-22)16-8-6-5-7-9-16/h5-11,14,19H,12-13H2,1-4H3/t19-/m0/s1. The molecule has 26 heavy (non-hydrogen) atoms. The average Bonchev–Trinajstić information content (AvgIpc) is 2.55. The minimum absolute atomic E-state index is 0.134. The molecule has 1 atom stereocenters. The molecule has 0 radical (unpaired) electrons. The molecule has 0 spiro atoms. The SMILES string of the molecule is Cc1cc(OC(=O)OC(C)(C)C)ccc1O[C@@H](CCCl)c1ccccc1. The van der Waals surface area contributed by atoms with Gasteiger partial charge in [0.05, 0.1) is 0 Å². The first-order chi connectivity index (χ1) is 12.3. The molecule has 2 aromatic rings. The number of carbonyl (C=O) groups excluding carboxylic acids is 1. The smallest absolute Gasteiger partial charge is 0.485 e. The van der Waals surface area contributed by atoms with Crippen molar-refractivity contribution in [2.75, 3.05) is 5.88 Å². The van der Waals surface area contributed by atoms with Gasteiger partial charge in [-0.1, -0.05) is 30.3 Å². The van der Waals surface area contributed by atoms with E-state index < -0.39 is 11.8 Å². The fraction of sp³-hybridized carbons (Fsp3) is 0.381. The number of aryl methyl sites for hydroxylation is 1. The Labute approximate surface area is 160 Å². The van der Waals surface area contributed by atoms with Gasteiger partial charge in [0.2, 0.25) is 0 Å². The lowest BCUT2D eigenvalue weighted by Gasteiger charge is -2.21. The summed E-state index contributed by atoms with van der Waals surface area (Å²) < 4.78 is 16.5. The number of ether oxygens (including phenoxy) is 3. The summed E-state index contributed by atoms with van der Waals surface area (Å²) in [5.74, 6) is 1.64. The van der Waals surface area contributed by atoms with Crippen LogP contribution in [0.25, 0.3) is 0 Å². The van der Waals surface area contributed by atoms with Crippen LogP contribution in [0.3, 0.4) is 0 Å². The van der Waals surface area contributed by atoms with E-state index in [2.05, 4.69) is 0 Å². The summed E-state index contributed by atoms with van der Waals surface area (Å²) >= 11 is 5.94. The van der Waals surface area contributed by atoms with E-state index in [0.717, 1.165) is 16.9 Å². The van der Waals surface area contributed by atoms with Crippen molar-refractivity contribution in [1.29, 1.82) is 0 Å². The lowest BCUT2D eigenvalue weighted by Crippen LogP contribution is -2.26. The Hall–Kier alpha value is -2.20. The molecule has 0 bridgehead atoms. The van der Waals surface area contributed by atoms with E-state index in [1.54, 1.807) is 39.0 Å². The molecule has 2 aromatic carbocycles. The number of benzene rings is 2. The highest BCUT2D eigenvalue weighted by molar-refractivity contribution is 6.17. The van der Waals surface area contributed by atoms with Crippen LogP contribution in [0.15, 0.2) is 48.5 Å². The van der Waals surface area contributed by atoms with E-state index in [1.807, 2.05) is 37.3 Å². The molecule has 0 aromatic heterocycles. The van der Waals surface area contributed by atoms with E-state index >= 15 is 0 Å². The first-order valence-electron chi connectivity index (χ1n) is 8.57.